The highest BCUT2D eigenvalue weighted by Gasteiger charge is 2.24. The number of halogens is 2. The average Bonchev–Trinajstić information content (AvgIpc) is 2.68. The van der Waals surface area contributed by atoms with E-state index in [0.717, 1.165) is 6.07 Å². The molecule has 5 nitrogen and oxygen atoms in total. The molecule has 0 radical (unpaired) electrons. The van der Waals surface area contributed by atoms with E-state index in [1.165, 1.54) is 12.1 Å². The second-order valence-electron chi connectivity index (χ2n) is 6.89. The molecule has 0 aliphatic carbocycles. The highest BCUT2D eigenvalue weighted by molar-refractivity contribution is 5.94. The second kappa shape index (κ2) is 8.93. The van der Waals surface area contributed by atoms with Crippen molar-refractivity contribution in [3.63, 3.8) is 0 Å². The summed E-state index contributed by atoms with van der Waals surface area (Å²) in [6.07, 6.45) is 0. The minimum atomic E-state index is -0.680. The van der Waals surface area contributed by atoms with Gasteiger partial charge in [0.05, 0.1) is 12.6 Å². The molecule has 1 aliphatic rings. The van der Waals surface area contributed by atoms with E-state index < -0.39 is 17.7 Å². The summed E-state index contributed by atoms with van der Waals surface area (Å²) in [5.41, 5.74) is 0.900. The van der Waals surface area contributed by atoms with Crippen molar-refractivity contribution in [3.05, 3.63) is 71.3 Å². The standard InChI is InChI=1S/C21H23F2N3O2/c1-15(18-8-7-17(22)13-19(18)23)24-20(27)14-25-9-11-26(12-10-25)21(28)16-5-3-2-4-6-16/h2-8,13,15H,9-12,14H2,1H3,(H,24,27)/t15-/m0/s1. The molecule has 1 heterocycles. The number of benzene rings is 2. The molecule has 0 saturated carbocycles. The molecule has 7 heteroatoms. The highest BCUT2D eigenvalue weighted by Crippen LogP contribution is 2.17. The van der Waals surface area contributed by atoms with Crippen molar-refractivity contribution in [1.29, 1.82) is 0 Å². The van der Waals surface area contributed by atoms with Crippen LogP contribution in [0.1, 0.15) is 28.9 Å². The quantitative estimate of drug-likeness (QED) is 0.858. The van der Waals surface area contributed by atoms with Crippen LogP contribution in [-0.2, 0) is 4.79 Å². The van der Waals surface area contributed by atoms with E-state index in [4.69, 9.17) is 0 Å². The lowest BCUT2D eigenvalue weighted by Gasteiger charge is -2.34. The number of amides is 2. The predicted octanol–water partition coefficient (Wildman–Crippen LogP) is 2.60. The Morgan fingerprint density at radius 3 is 2.36 bits per heavy atom. The fraction of sp³-hybridized carbons (Fsp3) is 0.333. The number of hydrogen-bond donors (Lipinski definition) is 1. The van der Waals surface area contributed by atoms with Crippen LogP contribution in [0.4, 0.5) is 8.78 Å². The second-order valence-corrected chi connectivity index (χ2v) is 6.89. The van der Waals surface area contributed by atoms with E-state index in [1.54, 1.807) is 24.0 Å². The number of rotatable bonds is 5. The van der Waals surface area contributed by atoms with Gasteiger partial charge in [-0.2, -0.15) is 0 Å². The molecular weight excluding hydrogens is 364 g/mol. The summed E-state index contributed by atoms with van der Waals surface area (Å²) in [5.74, 6) is -1.58. The van der Waals surface area contributed by atoms with Crippen molar-refractivity contribution in [2.75, 3.05) is 32.7 Å². The van der Waals surface area contributed by atoms with Gasteiger partial charge in [0, 0.05) is 43.4 Å². The van der Waals surface area contributed by atoms with Crippen LogP contribution in [-0.4, -0.2) is 54.3 Å². The summed E-state index contributed by atoms with van der Waals surface area (Å²) in [5, 5.41) is 2.74. The zero-order valence-electron chi connectivity index (χ0n) is 15.7. The number of piperazine rings is 1. The Labute approximate surface area is 162 Å². The van der Waals surface area contributed by atoms with Crippen LogP contribution in [0.15, 0.2) is 48.5 Å². The Balaban J connectivity index is 1.48. The largest absolute Gasteiger partial charge is 0.348 e. The van der Waals surface area contributed by atoms with Crippen LogP contribution < -0.4 is 5.32 Å². The van der Waals surface area contributed by atoms with Gasteiger partial charge < -0.3 is 10.2 Å². The summed E-state index contributed by atoms with van der Waals surface area (Å²) < 4.78 is 26.8. The Kier molecular flexibility index (Phi) is 6.36. The van der Waals surface area contributed by atoms with Crippen LogP contribution in [0.3, 0.4) is 0 Å². The van der Waals surface area contributed by atoms with Crippen LogP contribution in [0.25, 0.3) is 0 Å². The molecule has 0 bridgehead atoms. The fourth-order valence-corrected chi connectivity index (χ4v) is 3.29. The van der Waals surface area contributed by atoms with Gasteiger partial charge in [0.2, 0.25) is 5.91 Å². The first kappa shape index (κ1) is 19.9. The molecule has 0 aromatic heterocycles. The Hall–Kier alpha value is -2.80. The fourth-order valence-electron chi connectivity index (χ4n) is 3.29. The molecule has 1 N–H and O–H groups in total. The highest BCUT2D eigenvalue weighted by atomic mass is 19.1. The maximum atomic E-state index is 13.8. The summed E-state index contributed by atoms with van der Waals surface area (Å²) in [6, 6.07) is 11.9. The minimum Gasteiger partial charge on any atom is -0.348 e. The maximum Gasteiger partial charge on any atom is 0.253 e. The topological polar surface area (TPSA) is 52.7 Å². The molecule has 0 unspecified atom stereocenters. The molecule has 148 valence electrons. The number of carbonyl (C=O) groups is 2. The summed E-state index contributed by atoms with van der Waals surface area (Å²) in [7, 11) is 0. The van der Waals surface area contributed by atoms with Crippen LogP contribution in [0.2, 0.25) is 0 Å². The van der Waals surface area contributed by atoms with E-state index in [9.17, 15) is 18.4 Å². The maximum absolute atomic E-state index is 13.8. The van der Waals surface area contributed by atoms with E-state index in [2.05, 4.69) is 5.32 Å². The lowest BCUT2D eigenvalue weighted by molar-refractivity contribution is -0.123. The van der Waals surface area contributed by atoms with E-state index in [-0.39, 0.29) is 23.9 Å². The van der Waals surface area contributed by atoms with Gasteiger partial charge in [-0.25, -0.2) is 8.78 Å². The predicted molar refractivity (Wildman–Crippen MR) is 102 cm³/mol. The first-order valence-corrected chi connectivity index (χ1v) is 9.25. The Morgan fingerprint density at radius 2 is 1.71 bits per heavy atom. The third kappa shape index (κ3) is 4.92. The third-order valence-electron chi connectivity index (χ3n) is 4.85. The monoisotopic (exact) mass is 387 g/mol. The molecule has 1 aliphatic heterocycles. The molecule has 1 fully saturated rings. The average molecular weight is 387 g/mol. The molecule has 1 saturated heterocycles. The van der Waals surface area contributed by atoms with Crippen molar-refractivity contribution >= 4 is 11.8 Å². The van der Waals surface area contributed by atoms with Crippen LogP contribution >= 0.6 is 0 Å². The van der Waals surface area contributed by atoms with Crippen molar-refractivity contribution in [2.45, 2.75) is 13.0 Å². The Morgan fingerprint density at radius 1 is 1.04 bits per heavy atom. The van der Waals surface area contributed by atoms with Crippen molar-refractivity contribution in [3.8, 4) is 0 Å². The molecule has 2 aromatic rings. The summed E-state index contributed by atoms with van der Waals surface area (Å²) in [6.45, 7) is 4.09. The van der Waals surface area contributed by atoms with E-state index in [0.29, 0.717) is 31.7 Å². The minimum absolute atomic E-state index is 0.00916. The number of carbonyl (C=O) groups excluding carboxylic acids is 2. The van der Waals surface area contributed by atoms with Crippen molar-refractivity contribution in [2.24, 2.45) is 0 Å². The number of hydrogen-bond acceptors (Lipinski definition) is 3. The van der Waals surface area contributed by atoms with Gasteiger partial charge >= 0.3 is 0 Å². The van der Waals surface area contributed by atoms with Gasteiger partial charge in [0.25, 0.3) is 5.91 Å². The third-order valence-corrected chi connectivity index (χ3v) is 4.85. The first-order valence-electron chi connectivity index (χ1n) is 9.25. The molecule has 2 aromatic carbocycles. The van der Waals surface area contributed by atoms with Crippen molar-refractivity contribution < 1.29 is 18.4 Å². The normalized spacial score (nSPS) is 15.9. The van der Waals surface area contributed by atoms with Gasteiger partial charge in [0.15, 0.2) is 0 Å². The van der Waals surface area contributed by atoms with Gasteiger partial charge in [-0.15, -0.1) is 0 Å². The number of nitrogens with one attached hydrogen (secondary N) is 1. The lowest BCUT2D eigenvalue weighted by Crippen LogP contribution is -2.51. The van der Waals surface area contributed by atoms with Crippen molar-refractivity contribution in [1.82, 2.24) is 15.1 Å². The lowest BCUT2D eigenvalue weighted by atomic mass is 10.1. The molecule has 28 heavy (non-hydrogen) atoms. The summed E-state index contributed by atoms with van der Waals surface area (Å²) >= 11 is 0. The first-order chi connectivity index (χ1) is 13.4. The zero-order chi connectivity index (χ0) is 20.1. The molecule has 2 amide bonds. The molecule has 3 rings (SSSR count). The SMILES string of the molecule is C[C@H](NC(=O)CN1CCN(C(=O)c2ccccc2)CC1)c1ccc(F)cc1F. The van der Waals surface area contributed by atoms with Gasteiger partial charge in [-0.05, 0) is 25.1 Å². The van der Waals surface area contributed by atoms with Crippen LogP contribution in [0, 0.1) is 11.6 Å². The number of nitrogens with zero attached hydrogens (tertiary/aromatic N) is 2. The van der Waals surface area contributed by atoms with Crippen LogP contribution in [0.5, 0.6) is 0 Å². The Bertz CT molecular complexity index is 837. The van der Waals surface area contributed by atoms with Gasteiger partial charge in [-0.1, -0.05) is 24.3 Å². The van der Waals surface area contributed by atoms with E-state index >= 15 is 0 Å². The summed E-state index contributed by atoms with van der Waals surface area (Å²) in [4.78, 5) is 28.5. The molecule has 1 atom stereocenters. The van der Waals surface area contributed by atoms with Gasteiger partial charge in [-0.3, -0.25) is 14.5 Å². The molecular formula is C21H23F2N3O2. The van der Waals surface area contributed by atoms with Gasteiger partial charge in [0.1, 0.15) is 11.6 Å². The molecule has 0 spiro atoms. The van der Waals surface area contributed by atoms with E-state index in [1.807, 2.05) is 23.1 Å². The smallest absolute Gasteiger partial charge is 0.253 e. The zero-order valence-corrected chi connectivity index (χ0v) is 15.7.